The van der Waals surface area contributed by atoms with Crippen LogP contribution in [0.25, 0.3) is 11.4 Å². The zero-order chi connectivity index (χ0) is 22.8. The van der Waals surface area contributed by atoms with Crippen LogP contribution in [0.2, 0.25) is 5.15 Å². The highest BCUT2D eigenvalue weighted by Crippen LogP contribution is 2.34. The zero-order valence-corrected chi connectivity index (χ0v) is 18.7. The smallest absolute Gasteiger partial charge is 0.323 e. The van der Waals surface area contributed by atoms with Crippen molar-refractivity contribution in [3.8, 4) is 22.9 Å². The number of ether oxygens (including phenoxy) is 3. The molecule has 0 radical (unpaired) electrons. The van der Waals surface area contributed by atoms with E-state index in [-0.39, 0.29) is 12.8 Å². The Kier molecular flexibility index (Phi) is 5.89. The minimum atomic E-state index is -0.370. The molecule has 170 valence electrons. The molecule has 0 aliphatic carbocycles. The molecule has 33 heavy (non-hydrogen) atoms. The molecule has 2 amide bonds. The average Bonchev–Trinajstić information content (AvgIpc) is 3.30. The molecule has 1 fully saturated rings. The molecular weight excluding hydrogens is 446 g/mol. The number of halogens is 1. The number of urea groups is 1. The van der Waals surface area contributed by atoms with Gasteiger partial charge in [0.25, 0.3) is 0 Å². The number of rotatable bonds is 4. The third-order valence-corrected chi connectivity index (χ3v) is 5.77. The van der Waals surface area contributed by atoms with E-state index in [1.54, 1.807) is 30.3 Å². The van der Waals surface area contributed by atoms with E-state index >= 15 is 0 Å². The Morgan fingerprint density at radius 3 is 2.45 bits per heavy atom. The molecule has 3 heterocycles. The zero-order valence-electron chi connectivity index (χ0n) is 17.9. The lowest BCUT2D eigenvalue weighted by Gasteiger charge is -2.29. The highest BCUT2D eigenvalue weighted by atomic mass is 35.5. The lowest BCUT2D eigenvalue weighted by Crippen LogP contribution is -2.37. The lowest BCUT2D eigenvalue weighted by molar-refractivity contribution is 0.122. The van der Waals surface area contributed by atoms with Crippen LogP contribution in [0.15, 0.2) is 42.5 Å². The highest BCUT2D eigenvalue weighted by molar-refractivity contribution is 6.30. The number of hydrogen-bond donors (Lipinski definition) is 2. The van der Waals surface area contributed by atoms with Gasteiger partial charge in [-0.15, -0.1) is 0 Å². The molecule has 2 N–H and O–H groups in total. The van der Waals surface area contributed by atoms with Gasteiger partial charge >= 0.3 is 6.03 Å². The number of nitrogens with zero attached hydrogens (tertiary/aromatic N) is 3. The standard InChI is InChI=1S/C23H22ClN5O4/c1-14-20(24)27-21(28-22(14)29-8-10-31-11-9-29)15-2-4-16(5-3-15)25-23(30)26-17-6-7-18-19(12-17)33-13-32-18/h2-7,12H,8-11,13H2,1H3,(H2,25,26,30). The minimum absolute atomic E-state index is 0.182. The molecule has 1 saturated heterocycles. The molecule has 2 aliphatic heterocycles. The quantitative estimate of drug-likeness (QED) is 0.551. The van der Waals surface area contributed by atoms with E-state index < -0.39 is 0 Å². The second kappa shape index (κ2) is 9.13. The number of anilines is 3. The van der Waals surface area contributed by atoms with E-state index in [1.165, 1.54) is 0 Å². The van der Waals surface area contributed by atoms with Gasteiger partial charge in [-0.25, -0.2) is 14.8 Å². The first-order valence-corrected chi connectivity index (χ1v) is 10.9. The van der Waals surface area contributed by atoms with Gasteiger partial charge in [-0.3, -0.25) is 0 Å². The predicted octanol–water partition coefficient (Wildman–Crippen LogP) is 4.31. The summed E-state index contributed by atoms with van der Waals surface area (Å²) in [6.07, 6.45) is 0. The summed E-state index contributed by atoms with van der Waals surface area (Å²) in [5.41, 5.74) is 2.88. The minimum Gasteiger partial charge on any atom is -0.454 e. The van der Waals surface area contributed by atoms with Crippen LogP contribution in [0.5, 0.6) is 11.5 Å². The summed E-state index contributed by atoms with van der Waals surface area (Å²) in [7, 11) is 0. The predicted molar refractivity (Wildman–Crippen MR) is 125 cm³/mol. The number of carbonyl (C=O) groups is 1. The summed E-state index contributed by atoms with van der Waals surface area (Å²) >= 11 is 6.41. The van der Waals surface area contributed by atoms with Gasteiger partial charge in [-0.05, 0) is 43.3 Å². The van der Waals surface area contributed by atoms with Gasteiger partial charge < -0.3 is 29.7 Å². The monoisotopic (exact) mass is 467 g/mol. The molecule has 0 spiro atoms. The van der Waals surface area contributed by atoms with E-state index in [4.69, 9.17) is 30.8 Å². The maximum Gasteiger partial charge on any atom is 0.323 e. The van der Waals surface area contributed by atoms with Crippen molar-refractivity contribution in [2.75, 3.05) is 48.6 Å². The van der Waals surface area contributed by atoms with Crippen molar-refractivity contribution in [1.82, 2.24) is 9.97 Å². The second-order valence-electron chi connectivity index (χ2n) is 7.61. The molecule has 0 bridgehead atoms. The third-order valence-electron chi connectivity index (χ3n) is 5.40. The largest absolute Gasteiger partial charge is 0.454 e. The first-order chi connectivity index (χ1) is 16.1. The van der Waals surface area contributed by atoms with E-state index in [9.17, 15) is 4.79 Å². The Bertz CT molecular complexity index is 1180. The van der Waals surface area contributed by atoms with Gasteiger partial charge in [-0.2, -0.15) is 0 Å². The van der Waals surface area contributed by atoms with Crippen molar-refractivity contribution in [3.63, 3.8) is 0 Å². The summed E-state index contributed by atoms with van der Waals surface area (Å²) in [6.45, 7) is 4.93. The normalized spacial score (nSPS) is 14.8. The Morgan fingerprint density at radius 2 is 1.67 bits per heavy atom. The van der Waals surface area contributed by atoms with Crippen LogP contribution in [-0.4, -0.2) is 49.1 Å². The van der Waals surface area contributed by atoms with Gasteiger partial charge in [-0.1, -0.05) is 11.6 Å². The van der Waals surface area contributed by atoms with Crippen molar-refractivity contribution in [1.29, 1.82) is 0 Å². The first-order valence-electron chi connectivity index (χ1n) is 10.5. The van der Waals surface area contributed by atoms with Gasteiger partial charge in [0.15, 0.2) is 17.3 Å². The Labute approximate surface area is 195 Å². The van der Waals surface area contributed by atoms with Crippen molar-refractivity contribution >= 4 is 34.8 Å². The lowest BCUT2D eigenvalue weighted by atomic mass is 10.2. The third kappa shape index (κ3) is 4.64. The molecule has 9 nitrogen and oxygen atoms in total. The van der Waals surface area contributed by atoms with E-state index in [1.807, 2.05) is 19.1 Å². The van der Waals surface area contributed by atoms with Crippen LogP contribution >= 0.6 is 11.6 Å². The number of carbonyl (C=O) groups excluding carboxylic acids is 1. The van der Waals surface area contributed by atoms with Crippen LogP contribution in [0, 0.1) is 6.92 Å². The Hall–Kier alpha value is -3.56. The number of aromatic nitrogens is 2. The number of morpholine rings is 1. The van der Waals surface area contributed by atoms with Gasteiger partial charge in [0.1, 0.15) is 11.0 Å². The van der Waals surface area contributed by atoms with Gasteiger partial charge in [0, 0.05) is 41.7 Å². The van der Waals surface area contributed by atoms with Crippen molar-refractivity contribution < 1.29 is 19.0 Å². The van der Waals surface area contributed by atoms with Crippen LogP contribution in [0.3, 0.4) is 0 Å². The molecule has 5 rings (SSSR count). The number of amides is 2. The van der Waals surface area contributed by atoms with Crippen molar-refractivity contribution in [3.05, 3.63) is 53.2 Å². The Morgan fingerprint density at radius 1 is 0.970 bits per heavy atom. The number of hydrogen-bond acceptors (Lipinski definition) is 7. The fourth-order valence-corrected chi connectivity index (χ4v) is 3.83. The SMILES string of the molecule is Cc1c(Cl)nc(-c2ccc(NC(=O)Nc3ccc4c(c3)OCO4)cc2)nc1N1CCOCC1. The van der Waals surface area contributed by atoms with Crippen LogP contribution in [0.1, 0.15) is 5.56 Å². The number of fused-ring (bicyclic) bond motifs is 1. The second-order valence-corrected chi connectivity index (χ2v) is 7.97. The molecule has 10 heteroatoms. The van der Waals surface area contributed by atoms with Crippen LogP contribution in [-0.2, 0) is 4.74 Å². The fraction of sp³-hybridized carbons (Fsp3) is 0.261. The molecule has 1 aromatic heterocycles. The fourth-order valence-electron chi connectivity index (χ4n) is 3.66. The summed E-state index contributed by atoms with van der Waals surface area (Å²) < 4.78 is 16.1. The number of nitrogens with one attached hydrogen (secondary N) is 2. The van der Waals surface area contributed by atoms with Crippen LogP contribution < -0.4 is 25.0 Å². The summed E-state index contributed by atoms with van der Waals surface area (Å²) in [4.78, 5) is 23.7. The van der Waals surface area contributed by atoms with E-state index in [2.05, 4.69) is 20.5 Å². The van der Waals surface area contributed by atoms with E-state index in [0.717, 1.165) is 30.0 Å². The maximum absolute atomic E-state index is 12.4. The molecule has 3 aromatic rings. The summed E-state index contributed by atoms with van der Waals surface area (Å²) in [6, 6.07) is 12.1. The Balaban J connectivity index is 1.28. The number of benzene rings is 2. The molecule has 2 aromatic carbocycles. The maximum atomic E-state index is 12.4. The first kappa shape index (κ1) is 21.3. The molecule has 0 atom stereocenters. The van der Waals surface area contributed by atoms with Gasteiger partial charge in [0.05, 0.1) is 13.2 Å². The average molecular weight is 468 g/mol. The van der Waals surface area contributed by atoms with Gasteiger partial charge in [0.2, 0.25) is 6.79 Å². The molecular formula is C23H22ClN5O4. The van der Waals surface area contributed by atoms with Crippen molar-refractivity contribution in [2.45, 2.75) is 6.92 Å². The topological polar surface area (TPSA) is 97.8 Å². The highest BCUT2D eigenvalue weighted by Gasteiger charge is 2.19. The van der Waals surface area contributed by atoms with Crippen molar-refractivity contribution in [2.24, 2.45) is 0 Å². The molecule has 0 saturated carbocycles. The van der Waals surface area contributed by atoms with Crippen LogP contribution in [0.4, 0.5) is 22.0 Å². The van der Waals surface area contributed by atoms with E-state index in [0.29, 0.717) is 47.1 Å². The summed E-state index contributed by atoms with van der Waals surface area (Å²) in [5, 5.41) is 6.01. The molecule has 0 unspecified atom stereocenters. The molecule has 2 aliphatic rings. The summed E-state index contributed by atoms with van der Waals surface area (Å²) in [5.74, 6) is 2.61.